The fourth-order valence-electron chi connectivity index (χ4n) is 2.38. The fourth-order valence-corrected chi connectivity index (χ4v) is 2.65. The second-order valence-electron chi connectivity index (χ2n) is 4.93. The van der Waals surface area contributed by atoms with E-state index in [1.807, 2.05) is 6.92 Å². The van der Waals surface area contributed by atoms with E-state index in [-0.39, 0.29) is 5.91 Å². The third kappa shape index (κ3) is 4.02. The van der Waals surface area contributed by atoms with Gasteiger partial charge in [0.1, 0.15) is 0 Å². The molecule has 1 unspecified atom stereocenters. The number of hydrogen-bond donors (Lipinski definition) is 2. The number of ether oxygens (including phenoxy) is 2. The molecule has 1 aromatic rings. The van der Waals surface area contributed by atoms with Crippen molar-refractivity contribution < 1.29 is 14.3 Å². The number of benzene rings is 1. The van der Waals surface area contributed by atoms with Gasteiger partial charge < -0.3 is 20.1 Å². The van der Waals surface area contributed by atoms with Crippen molar-refractivity contribution in [3.8, 4) is 11.5 Å². The number of carbonyl (C=O) groups is 1. The first-order valence-electron chi connectivity index (χ1n) is 7.17. The minimum atomic E-state index is -0.160. The topological polar surface area (TPSA) is 59.6 Å². The second kappa shape index (κ2) is 7.52. The van der Waals surface area contributed by atoms with Crippen molar-refractivity contribution in [3.05, 3.63) is 22.7 Å². The average molecular weight is 313 g/mol. The van der Waals surface area contributed by atoms with Crippen LogP contribution in [0.15, 0.2) is 12.1 Å². The Morgan fingerprint density at radius 3 is 2.95 bits per heavy atom. The van der Waals surface area contributed by atoms with Crippen LogP contribution in [0.4, 0.5) is 0 Å². The van der Waals surface area contributed by atoms with E-state index in [2.05, 4.69) is 10.6 Å². The summed E-state index contributed by atoms with van der Waals surface area (Å²) in [6.07, 6.45) is 2.25. The van der Waals surface area contributed by atoms with Crippen LogP contribution in [0.1, 0.15) is 30.1 Å². The summed E-state index contributed by atoms with van der Waals surface area (Å²) < 4.78 is 10.7. The molecule has 2 rings (SSSR count). The molecule has 2 N–H and O–H groups in total. The summed E-state index contributed by atoms with van der Waals surface area (Å²) in [4.78, 5) is 12.2. The van der Waals surface area contributed by atoms with Crippen molar-refractivity contribution in [1.29, 1.82) is 0 Å². The molecule has 1 aliphatic rings. The predicted molar refractivity (Wildman–Crippen MR) is 82.5 cm³/mol. The summed E-state index contributed by atoms with van der Waals surface area (Å²) in [6, 6.07) is 3.61. The van der Waals surface area contributed by atoms with Gasteiger partial charge in [0.25, 0.3) is 5.91 Å². The monoisotopic (exact) mass is 312 g/mol. The van der Waals surface area contributed by atoms with Crippen LogP contribution in [-0.2, 0) is 0 Å². The van der Waals surface area contributed by atoms with Gasteiger partial charge in [0.05, 0.1) is 18.7 Å². The van der Waals surface area contributed by atoms with Crippen LogP contribution < -0.4 is 20.1 Å². The normalized spacial score (nSPS) is 17.6. The Morgan fingerprint density at radius 2 is 2.33 bits per heavy atom. The zero-order chi connectivity index (χ0) is 15.2. The highest BCUT2D eigenvalue weighted by atomic mass is 35.5. The minimum Gasteiger partial charge on any atom is -0.493 e. The van der Waals surface area contributed by atoms with Crippen molar-refractivity contribution >= 4 is 17.5 Å². The Morgan fingerprint density at radius 1 is 1.52 bits per heavy atom. The van der Waals surface area contributed by atoms with E-state index in [1.54, 1.807) is 12.1 Å². The molecule has 0 bridgehead atoms. The molecule has 6 heteroatoms. The van der Waals surface area contributed by atoms with Crippen LogP contribution >= 0.6 is 11.6 Å². The molecule has 1 fully saturated rings. The summed E-state index contributed by atoms with van der Waals surface area (Å²) in [7, 11) is 1.53. The summed E-state index contributed by atoms with van der Waals surface area (Å²) in [5, 5.41) is 6.63. The van der Waals surface area contributed by atoms with E-state index in [0.717, 1.165) is 19.4 Å². The van der Waals surface area contributed by atoms with Gasteiger partial charge >= 0.3 is 0 Å². The van der Waals surface area contributed by atoms with Gasteiger partial charge in [0.2, 0.25) is 0 Å². The summed E-state index contributed by atoms with van der Waals surface area (Å²) in [6.45, 7) is 3.98. The van der Waals surface area contributed by atoms with Crippen LogP contribution in [0.25, 0.3) is 0 Å². The van der Waals surface area contributed by atoms with Gasteiger partial charge in [-0.1, -0.05) is 11.6 Å². The first-order valence-corrected chi connectivity index (χ1v) is 7.55. The zero-order valence-corrected chi connectivity index (χ0v) is 13.1. The first kappa shape index (κ1) is 15.9. The van der Waals surface area contributed by atoms with E-state index in [0.29, 0.717) is 41.3 Å². The minimum absolute atomic E-state index is 0.160. The maximum absolute atomic E-state index is 12.2. The number of carbonyl (C=O) groups excluding carboxylic acids is 1. The maximum atomic E-state index is 12.2. The Hall–Kier alpha value is -1.46. The Bertz CT molecular complexity index is 502. The molecule has 0 saturated carbocycles. The quantitative estimate of drug-likeness (QED) is 0.845. The lowest BCUT2D eigenvalue weighted by atomic mass is 10.1. The molecule has 21 heavy (non-hydrogen) atoms. The number of halogens is 1. The molecular weight excluding hydrogens is 292 g/mol. The lowest BCUT2D eigenvalue weighted by molar-refractivity contribution is 0.0950. The first-order chi connectivity index (χ1) is 10.2. The van der Waals surface area contributed by atoms with Crippen molar-refractivity contribution in [2.45, 2.75) is 25.8 Å². The van der Waals surface area contributed by atoms with E-state index < -0.39 is 0 Å². The fraction of sp³-hybridized carbons (Fsp3) is 0.533. The highest BCUT2D eigenvalue weighted by molar-refractivity contribution is 6.32. The standard InChI is InChI=1S/C15H21ClN2O3/c1-3-21-14-12(16)7-10(8-13(14)20-2)15(19)18-9-11-5-4-6-17-11/h7-8,11,17H,3-6,9H2,1-2H3,(H,18,19). The molecule has 1 saturated heterocycles. The number of rotatable bonds is 6. The average Bonchev–Trinajstić information content (AvgIpc) is 3.00. The molecule has 0 aromatic heterocycles. The second-order valence-corrected chi connectivity index (χ2v) is 5.33. The van der Waals surface area contributed by atoms with Crippen LogP contribution in [0, 0.1) is 0 Å². The van der Waals surface area contributed by atoms with Gasteiger partial charge in [-0.3, -0.25) is 4.79 Å². The summed E-state index contributed by atoms with van der Waals surface area (Å²) >= 11 is 6.17. The van der Waals surface area contributed by atoms with Gasteiger partial charge in [-0.05, 0) is 38.4 Å². The molecule has 0 aliphatic carbocycles. The smallest absolute Gasteiger partial charge is 0.251 e. The van der Waals surface area contributed by atoms with E-state index in [4.69, 9.17) is 21.1 Å². The number of methoxy groups -OCH3 is 1. The molecule has 0 spiro atoms. The number of amides is 1. The van der Waals surface area contributed by atoms with E-state index in [9.17, 15) is 4.79 Å². The van der Waals surface area contributed by atoms with Crippen LogP contribution in [0.2, 0.25) is 5.02 Å². The van der Waals surface area contributed by atoms with Crippen LogP contribution in [0.5, 0.6) is 11.5 Å². The number of hydrogen-bond acceptors (Lipinski definition) is 4. The molecule has 1 amide bonds. The van der Waals surface area contributed by atoms with Crippen molar-refractivity contribution in [2.24, 2.45) is 0 Å². The van der Waals surface area contributed by atoms with Crippen molar-refractivity contribution in [1.82, 2.24) is 10.6 Å². The van der Waals surface area contributed by atoms with Gasteiger partial charge in [-0.25, -0.2) is 0 Å². The number of nitrogens with one attached hydrogen (secondary N) is 2. The lowest BCUT2D eigenvalue weighted by Gasteiger charge is -2.14. The molecule has 1 aromatic carbocycles. The lowest BCUT2D eigenvalue weighted by Crippen LogP contribution is -2.37. The van der Waals surface area contributed by atoms with Crippen molar-refractivity contribution in [2.75, 3.05) is 26.8 Å². The molecule has 5 nitrogen and oxygen atoms in total. The van der Waals surface area contributed by atoms with Gasteiger partial charge in [-0.15, -0.1) is 0 Å². The maximum Gasteiger partial charge on any atom is 0.251 e. The third-order valence-electron chi connectivity index (χ3n) is 3.45. The molecule has 0 radical (unpaired) electrons. The van der Waals surface area contributed by atoms with Crippen LogP contribution in [0.3, 0.4) is 0 Å². The van der Waals surface area contributed by atoms with Crippen LogP contribution in [-0.4, -0.2) is 38.8 Å². The SMILES string of the molecule is CCOc1c(Cl)cc(C(=O)NCC2CCCN2)cc1OC. The van der Waals surface area contributed by atoms with Crippen molar-refractivity contribution in [3.63, 3.8) is 0 Å². The van der Waals surface area contributed by atoms with Gasteiger partial charge in [-0.2, -0.15) is 0 Å². The van der Waals surface area contributed by atoms with E-state index in [1.165, 1.54) is 7.11 Å². The van der Waals surface area contributed by atoms with Gasteiger partial charge in [0.15, 0.2) is 11.5 Å². The highest BCUT2D eigenvalue weighted by Crippen LogP contribution is 2.36. The largest absolute Gasteiger partial charge is 0.493 e. The summed E-state index contributed by atoms with van der Waals surface area (Å²) in [5.74, 6) is 0.774. The predicted octanol–water partition coefficient (Wildman–Crippen LogP) is 2.23. The summed E-state index contributed by atoms with van der Waals surface area (Å²) in [5.41, 5.74) is 0.471. The Kier molecular flexibility index (Phi) is 5.70. The Labute approximate surface area is 130 Å². The molecular formula is C15H21ClN2O3. The molecule has 1 atom stereocenters. The molecule has 1 heterocycles. The molecule has 116 valence electrons. The zero-order valence-electron chi connectivity index (χ0n) is 12.4. The molecule has 1 aliphatic heterocycles. The van der Waals surface area contributed by atoms with E-state index >= 15 is 0 Å². The Balaban J connectivity index is 2.07. The van der Waals surface area contributed by atoms with Gasteiger partial charge in [0, 0.05) is 18.2 Å². The highest BCUT2D eigenvalue weighted by Gasteiger charge is 2.18. The third-order valence-corrected chi connectivity index (χ3v) is 3.73.